The minimum absolute atomic E-state index is 0.0564. The average molecular weight is 300 g/mol. The van der Waals surface area contributed by atoms with Crippen molar-refractivity contribution in [1.82, 2.24) is 0 Å². The van der Waals surface area contributed by atoms with Crippen LogP contribution in [0.5, 0.6) is 0 Å². The molecule has 0 saturated carbocycles. The van der Waals surface area contributed by atoms with Gasteiger partial charge in [-0.15, -0.1) is 0 Å². The Balaban J connectivity index is 2.61. The SMILES string of the molecule is Nc1cccc(C(F)(F)F)c1C(=O)c1cccc(Cl)c1. The molecule has 2 aromatic rings. The molecule has 0 aliphatic rings. The van der Waals surface area contributed by atoms with Gasteiger partial charge in [-0.2, -0.15) is 13.2 Å². The zero-order valence-electron chi connectivity index (χ0n) is 10.0. The molecule has 0 radical (unpaired) electrons. The van der Waals surface area contributed by atoms with Crippen LogP contribution in [0.4, 0.5) is 18.9 Å². The number of rotatable bonds is 2. The number of ketones is 1. The first-order valence-corrected chi connectivity index (χ1v) is 5.94. The van der Waals surface area contributed by atoms with Gasteiger partial charge in [-0.05, 0) is 24.3 Å². The highest BCUT2D eigenvalue weighted by atomic mass is 35.5. The largest absolute Gasteiger partial charge is 0.417 e. The Hall–Kier alpha value is -2.01. The van der Waals surface area contributed by atoms with Crippen LogP contribution >= 0.6 is 11.6 Å². The maximum atomic E-state index is 12.9. The number of alkyl halides is 3. The molecule has 0 heterocycles. The van der Waals surface area contributed by atoms with Crippen molar-refractivity contribution in [2.75, 3.05) is 5.73 Å². The summed E-state index contributed by atoms with van der Waals surface area (Å²) in [7, 11) is 0. The molecule has 6 heteroatoms. The lowest BCUT2D eigenvalue weighted by molar-refractivity contribution is -0.137. The predicted octanol–water partition coefficient (Wildman–Crippen LogP) is 4.17. The van der Waals surface area contributed by atoms with Crippen LogP contribution in [0, 0.1) is 0 Å². The molecule has 2 aromatic carbocycles. The fraction of sp³-hybridized carbons (Fsp3) is 0.0714. The summed E-state index contributed by atoms with van der Waals surface area (Å²) in [6.45, 7) is 0. The van der Waals surface area contributed by atoms with Crippen LogP contribution in [0.25, 0.3) is 0 Å². The maximum absolute atomic E-state index is 12.9. The number of hydrogen-bond donors (Lipinski definition) is 1. The third-order valence-corrected chi connectivity index (χ3v) is 2.95. The van der Waals surface area contributed by atoms with Gasteiger partial charge in [0.25, 0.3) is 0 Å². The van der Waals surface area contributed by atoms with E-state index in [1.54, 1.807) is 0 Å². The van der Waals surface area contributed by atoms with Gasteiger partial charge in [0, 0.05) is 16.3 Å². The molecule has 0 aliphatic heterocycles. The zero-order valence-corrected chi connectivity index (χ0v) is 10.8. The van der Waals surface area contributed by atoms with Crippen molar-refractivity contribution in [2.45, 2.75) is 6.18 Å². The summed E-state index contributed by atoms with van der Waals surface area (Å²) >= 11 is 5.74. The highest BCUT2D eigenvalue weighted by molar-refractivity contribution is 6.31. The quantitative estimate of drug-likeness (QED) is 0.668. The number of nitrogens with two attached hydrogens (primary N) is 1. The molecule has 2 rings (SSSR count). The fourth-order valence-electron chi connectivity index (χ4n) is 1.83. The summed E-state index contributed by atoms with van der Waals surface area (Å²) in [5.41, 5.74) is 3.77. The van der Waals surface area contributed by atoms with Crippen LogP contribution < -0.4 is 5.73 Å². The monoisotopic (exact) mass is 299 g/mol. The van der Waals surface area contributed by atoms with Crippen LogP contribution in [0.2, 0.25) is 5.02 Å². The summed E-state index contributed by atoms with van der Waals surface area (Å²) in [6, 6.07) is 8.95. The van der Waals surface area contributed by atoms with Gasteiger partial charge in [0.2, 0.25) is 0 Å². The van der Waals surface area contributed by atoms with Gasteiger partial charge in [-0.3, -0.25) is 4.79 Å². The summed E-state index contributed by atoms with van der Waals surface area (Å²) in [6.07, 6.45) is -4.65. The van der Waals surface area contributed by atoms with E-state index in [4.69, 9.17) is 17.3 Å². The number of nitrogen functional groups attached to an aromatic ring is 1. The predicted molar refractivity (Wildman–Crippen MR) is 70.7 cm³/mol. The van der Waals surface area contributed by atoms with Crippen molar-refractivity contribution in [1.29, 1.82) is 0 Å². The molecule has 0 atom stereocenters. The number of carbonyl (C=O) groups is 1. The highest BCUT2D eigenvalue weighted by Crippen LogP contribution is 2.35. The Kier molecular flexibility index (Phi) is 3.72. The molecule has 2 N–H and O–H groups in total. The lowest BCUT2D eigenvalue weighted by Crippen LogP contribution is -2.16. The Morgan fingerprint density at radius 1 is 1.10 bits per heavy atom. The van der Waals surface area contributed by atoms with E-state index in [9.17, 15) is 18.0 Å². The minimum Gasteiger partial charge on any atom is -0.398 e. The summed E-state index contributed by atoms with van der Waals surface area (Å²) in [5.74, 6) is -0.807. The molecule has 0 aliphatic carbocycles. The second kappa shape index (κ2) is 5.17. The van der Waals surface area contributed by atoms with E-state index in [-0.39, 0.29) is 16.3 Å². The molecule has 20 heavy (non-hydrogen) atoms. The van der Waals surface area contributed by atoms with E-state index in [0.717, 1.165) is 12.1 Å². The van der Waals surface area contributed by atoms with Crippen molar-refractivity contribution in [3.05, 3.63) is 64.2 Å². The van der Waals surface area contributed by atoms with Crippen LogP contribution in [0.3, 0.4) is 0 Å². The third-order valence-electron chi connectivity index (χ3n) is 2.72. The lowest BCUT2D eigenvalue weighted by atomic mass is 9.96. The van der Waals surface area contributed by atoms with E-state index in [1.807, 2.05) is 0 Å². The van der Waals surface area contributed by atoms with E-state index in [0.29, 0.717) is 0 Å². The fourth-order valence-corrected chi connectivity index (χ4v) is 2.02. The standard InChI is InChI=1S/C14H9ClF3NO/c15-9-4-1-3-8(7-9)13(20)12-10(14(16,17)18)5-2-6-11(12)19/h1-7H,19H2. The molecule has 0 aromatic heterocycles. The summed E-state index contributed by atoms with van der Waals surface area (Å²) in [4.78, 5) is 12.2. The van der Waals surface area contributed by atoms with E-state index in [1.165, 1.54) is 30.3 Å². The van der Waals surface area contributed by atoms with Gasteiger partial charge >= 0.3 is 6.18 Å². The Morgan fingerprint density at radius 2 is 1.75 bits per heavy atom. The number of anilines is 1. The molecule has 104 valence electrons. The molecular weight excluding hydrogens is 291 g/mol. The first-order valence-electron chi connectivity index (χ1n) is 5.56. The van der Waals surface area contributed by atoms with Crippen LogP contribution in [-0.4, -0.2) is 5.78 Å². The molecule has 0 bridgehead atoms. The number of benzene rings is 2. The van der Waals surface area contributed by atoms with Crippen molar-refractivity contribution in [2.24, 2.45) is 0 Å². The molecular formula is C14H9ClF3NO. The summed E-state index contributed by atoms with van der Waals surface area (Å²) in [5, 5.41) is 0.263. The van der Waals surface area contributed by atoms with Gasteiger partial charge in [0.15, 0.2) is 5.78 Å². The lowest BCUT2D eigenvalue weighted by Gasteiger charge is -2.14. The van der Waals surface area contributed by atoms with E-state index >= 15 is 0 Å². The van der Waals surface area contributed by atoms with Crippen LogP contribution in [-0.2, 0) is 6.18 Å². The van der Waals surface area contributed by atoms with Gasteiger partial charge in [0.05, 0.1) is 11.1 Å². The molecule has 0 unspecified atom stereocenters. The molecule has 0 saturated heterocycles. The first kappa shape index (κ1) is 14.4. The average Bonchev–Trinajstić information content (AvgIpc) is 2.36. The van der Waals surface area contributed by atoms with Crippen LogP contribution in [0.15, 0.2) is 42.5 Å². The third kappa shape index (κ3) is 2.77. The summed E-state index contributed by atoms with van der Waals surface area (Å²) < 4.78 is 38.8. The van der Waals surface area contributed by atoms with Crippen LogP contribution in [0.1, 0.15) is 21.5 Å². The van der Waals surface area contributed by atoms with Crippen molar-refractivity contribution in [3.63, 3.8) is 0 Å². The maximum Gasteiger partial charge on any atom is 0.417 e. The van der Waals surface area contributed by atoms with Gasteiger partial charge in [0.1, 0.15) is 0 Å². The molecule has 0 spiro atoms. The topological polar surface area (TPSA) is 43.1 Å². The molecule has 0 amide bonds. The van der Waals surface area contributed by atoms with Gasteiger partial charge in [-0.1, -0.05) is 29.8 Å². The molecule has 0 fully saturated rings. The smallest absolute Gasteiger partial charge is 0.398 e. The van der Waals surface area contributed by atoms with E-state index < -0.39 is 23.1 Å². The second-order valence-corrected chi connectivity index (χ2v) is 4.54. The van der Waals surface area contributed by atoms with E-state index in [2.05, 4.69) is 0 Å². The zero-order chi connectivity index (χ0) is 14.9. The van der Waals surface area contributed by atoms with Crippen molar-refractivity contribution < 1.29 is 18.0 Å². The normalized spacial score (nSPS) is 11.4. The number of halogens is 4. The molecule has 2 nitrogen and oxygen atoms in total. The Labute approximate surface area is 118 Å². The highest BCUT2D eigenvalue weighted by Gasteiger charge is 2.36. The van der Waals surface area contributed by atoms with Gasteiger partial charge < -0.3 is 5.73 Å². The Morgan fingerprint density at radius 3 is 2.35 bits per heavy atom. The second-order valence-electron chi connectivity index (χ2n) is 4.11. The first-order chi connectivity index (χ1) is 9.30. The Bertz CT molecular complexity index is 668. The van der Waals surface area contributed by atoms with Crippen molar-refractivity contribution >= 4 is 23.1 Å². The van der Waals surface area contributed by atoms with Crippen molar-refractivity contribution in [3.8, 4) is 0 Å². The number of carbonyl (C=O) groups excluding carboxylic acids is 1. The minimum atomic E-state index is -4.65. The number of hydrogen-bond acceptors (Lipinski definition) is 2. The van der Waals surface area contributed by atoms with Gasteiger partial charge in [-0.25, -0.2) is 0 Å².